The molecule has 0 amide bonds. The maximum atomic E-state index is 5.48. The fraction of sp³-hybridized carbons (Fsp3) is 0.273. The Hall–Kier alpha value is -0.890. The van der Waals surface area contributed by atoms with Crippen LogP contribution in [0.25, 0.3) is 11.0 Å². The first-order valence-corrected chi connectivity index (χ1v) is 5.65. The molecular weight excluding hydrogens is 180 g/mol. The first-order chi connectivity index (χ1) is 6.40. The maximum absolute atomic E-state index is 5.48. The minimum atomic E-state index is 0.969. The van der Waals surface area contributed by atoms with Crippen LogP contribution in [0.5, 0.6) is 0 Å². The summed E-state index contributed by atoms with van der Waals surface area (Å²) in [6.45, 7) is 4.00. The van der Waals surface area contributed by atoms with Crippen molar-refractivity contribution in [1.29, 1.82) is 0 Å². The zero-order valence-corrected chi connectivity index (χ0v) is 9.02. The van der Waals surface area contributed by atoms with Gasteiger partial charge in [0.2, 0.25) is 0 Å². The van der Waals surface area contributed by atoms with Gasteiger partial charge in [-0.05, 0) is 18.4 Å². The van der Waals surface area contributed by atoms with E-state index in [0.717, 1.165) is 10.7 Å². The molecule has 1 aromatic carbocycles. The molecule has 0 fully saturated rings. The molecule has 13 heavy (non-hydrogen) atoms. The van der Waals surface area contributed by atoms with E-state index >= 15 is 0 Å². The van der Waals surface area contributed by atoms with Gasteiger partial charge in [-0.3, -0.25) is 0 Å². The topological polar surface area (TPSA) is 13.1 Å². The van der Waals surface area contributed by atoms with Gasteiger partial charge < -0.3 is 4.42 Å². The molecule has 0 aliphatic heterocycles. The van der Waals surface area contributed by atoms with Crippen molar-refractivity contribution in [3.8, 4) is 0 Å². The number of para-hydroxylation sites is 1. The second-order valence-corrected chi connectivity index (χ2v) is 3.12. The van der Waals surface area contributed by atoms with Crippen molar-refractivity contribution in [2.45, 2.75) is 18.9 Å². The minimum Gasteiger partial charge on any atom is -0.450 e. The van der Waals surface area contributed by atoms with Gasteiger partial charge in [0, 0.05) is 5.39 Å². The van der Waals surface area contributed by atoms with Gasteiger partial charge in [-0.15, -0.1) is 0 Å². The molecule has 0 saturated heterocycles. The number of benzene rings is 1. The molecule has 1 aromatic heterocycles. The molecule has 0 atom stereocenters. The van der Waals surface area contributed by atoms with Crippen LogP contribution in [0.1, 0.15) is 13.8 Å². The van der Waals surface area contributed by atoms with Crippen LogP contribution in [0.15, 0.2) is 39.8 Å². The molecule has 0 spiro atoms. The van der Waals surface area contributed by atoms with Crippen LogP contribution in [0.4, 0.5) is 0 Å². The third-order valence-electron chi connectivity index (χ3n) is 1.60. The van der Waals surface area contributed by atoms with Crippen molar-refractivity contribution < 1.29 is 4.42 Å². The Balaban J connectivity index is 0.000000396. The minimum absolute atomic E-state index is 0.969. The summed E-state index contributed by atoms with van der Waals surface area (Å²) in [5, 5.41) is 2.16. The number of furan rings is 1. The smallest absolute Gasteiger partial charge is 0.161 e. The van der Waals surface area contributed by atoms with E-state index in [1.807, 2.05) is 38.3 Å². The Bertz CT molecular complexity index is 332. The number of fused-ring (bicyclic) bond motifs is 1. The summed E-state index contributed by atoms with van der Waals surface area (Å²) in [6, 6.07) is 10.1. The molecule has 2 heteroatoms. The Kier molecular flexibility index (Phi) is 3.90. The van der Waals surface area contributed by atoms with Crippen LogP contribution in [0, 0.1) is 0 Å². The molecule has 1 heterocycles. The average Bonchev–Trinajstić information content (AvgIpc) is 2.63. The van der Waals surface area contributed by atoms with Crippen molar-refractivity contribution >= 4 is 22.7 Å². The van der Waals surface area contributed by atoms with Gasteiger partial charge in [0.25, 0.3) is 0 Å². The van der Waals surface area contributed by atoms with Crippen molar-refractivity contribution in [2.75, 3.05) is 6.26 Å². The molecule has 0 aliphatic rings. The van der Waals surface area contributed by atoms with E-state index in [9.17, 15) is 0 Å². The van der Waals surface area contributed by atoms with Gasteiger partial charge >= 0.3 is 0 Å². The van der Waals surface area contributed by atoms with E-state index in [1.165, 1.54) is 5.39 Å². The molecule has 1 nitrogen and oxygen atoms in total. The average molecular weight is 194 g/mol. The fourth-order valence-corrected chi connectivity index (χ4v) is 1.48. The van der Waals surface area contributed by atoms with Crippen LogP contribution in [-0.2, 0) is 0 Å². The Morgan fingerprint density at radius 3 is 2.46 bits per heavy atom. The Morgan fingerprint density at radius 1 is 1.15 bits per heavy atom. The lowest BCUT2D eigenvalue weighted by Gasteiger charge is -1.83. The summed E-state index contributed by atoms with van der Waals surface area (Å²) in [6.07, 6.45) is 2.01. The molecule has 0 unspecified atom stereocenters. The monoisotopic (exact) mass is 194 g/mol. The number of rotatable bonds is 1. The fourth-order valence-electron chi connectivity index (χ4n) is 1.06. The van der Waals surface area contributed by atoms with E-state index in [1.54, 1.807) is 11.8 Å². The van der Waals surface area contributed by atoms with Crippen LogP contribution < -0.4 is 0 Å². The largest absolute Gasteiger partial charge is 0.450 e. The van der Waals surface area contributed by atoms with Crippen molar-refractivity contribution in [3.05, 3.63) is 30.3 Å². The molecule has 0 N–H and O–H groups in total. The van der Waals surface area contributed by atoms with Crippen LogP contribution in [-0.4, -0.2) is 6.26 Å². The molecule has 70 valence electrons. The van der Waals surface area contributed by atoms with Gasteiger partial charge in [-0.1, -0.05) is 43.8 Å². The first-order valence-electron chi connectivity index (χ1n) is 4.43. The molecule has 0 bridgehead atoms. The predicted molar refractivity (Wildman–Crippen MR) is 59.3 cm³/mol. The summed E-state index contributed by atoms with van der Waals surface area (Å²) in [4.78, 5) is 0. The normalized spacial score (nSPS) is 9.46. The van der Waals surface area contributed by atoms with E-state index in [2.05, 4.69) is 12.1 Å². The Morgan fingerprint density at radius 2 is 1.85 bits per heavy atom. The second kappa shape index (κ2) is 4.97. The van der Waals surface area contributed by atoms with Gasteiger partial charge in [-0.2, -0.15) is 0 Å². The summed E-state index contributed by atoms with van der Waals surface area (Å²) in [5.41, 5.74) is 0.969. The number of hydrogen-bond donors (Lipinski definition) is 0. The maximum Gasteiger partial charge on any atom is 0.161 e. The standard InChI is InChI=1S/C9H8OS.C2H6/c1-11-9-6-7-4-2-3-5-8(7)10-9;1-2/h2-6H,1H3;1-2H3. The highest BCUT2D eigenvalue weighted by atomic mass is 32.2. The lowest BCUT2D eigenvalue weighted by Crippen LogP contribution is -1.57. The second-order valence-electron chi connectivity index (χ2n) is 2.31. The highest BCUT2D eigenvalue weighted by Gasteiger charge is 1.99. The summed E-state index contributed by atoms with van der Waals surface area (Å²) >= 11 is 1.63. The van der Waals surface area contributed by atoms with Crippen LogP contribution >= 0.6 is 11.8 Å². The summed E-state index contributed by atoms with van der Waals surface area (Å²) < 4.78 is 5.48. The molecule has 0 aliphatic carbocycles. The zero-order chi connectivity index (χ0) is 9.68. The van der Waals surface area contributed by atoms with Crippen LogP contribution in [0.3, 0.4) is 0 Å². The SMILES string of the molecule is CC.CSc1cc2ccccc2o1. The molecule has 2 aromatic rings. The lowest BCUT2D eigenvalue weighted by molar-refractivity contribution is 0.516. The van der Waals surface area contributed by atoms with Gasteiger partial charge in [0.1, 0.15) is 5.58 Å². The highest BCUT2D eigenvalue weighted by molar-refractivity contribution is 7.98. The van der Waals surface area contributed by atoms with Gasteiger partial charge in [0.05, 0.1) is 0 Å². The van der Waals surface area contributed by atoms with E-state index < -0.39 is 0 Å². The third-order valence-corrected chi connectivity index (χ3v) is 2.21. The van der Waals surface area contributed by atoms with Crippen molar-refractivity contribution in [2.24, 2.45) is 0 Å². The summed E-state index contributed by atoms with van der Waals surface area (Å²) in [7, 11) is 0. The third kappa shape index (κ3) is 2.28. The molecule has 0 radical (unpaired) electrons. The van der Waals surface area contributed by atoms with E-state index in [-0.39, 0.29) is 0 Å². The molecule has 0 saturated carbocycles. The molecular formula is C11H14OS. The predicted octanol–water partition coefficient (Wildman–Crippen LogP) is 4.18. The van der Waals surface area contributed by atoms with E-state index in [4.69, 9.17) is 4.42 Å². The first kappa shape index (κ1) is 10.2. The lowest BCUT2D eigenvalue weighted by atomic mass is 10.3. The molecule has 2 rings (SSSR count). The van der Waals surface area contributed by atoms with Crippen molar-refractivity contribution in [1.82, 2.24) is 0 Å². The van der Waals surface area contributed by atoms with Gasteiger partial charge in [-0.25, -0.2) is 0 Å². The Labute approximate surface area is 83.1 Å². The number of thioether (sulfide) groups is 1. The quantitative estimate of drug-likeness (QED) is 0.632. The summed E-state index contributed by atoms with van der Waals surface area (Å²) in [5.74, 6) is 0. The number of hydrogen-bond acceptors (Lipinski definition) is 2. The zero-order valence-electron chi connectivity index (χ0n) is 8.20. The van der Waals surface area contributed by atoms with Gasteiger partial charge in [0.15, 0.2) is 5.09 Å². The highest BCUT2D eigenvalue weighted by Crippen LogP contribution is 2.24. The van der Waals surface area contributed by atoms with Crippen LogP contribution in [0.2, 0.25) is 0 Å². The van der Waals surface area contributed by atoms with Crippen molar-refractivity contribution in [3.63, 3.8) is 0 Å². The van der Waals surface area contributed by atoms with E-state index in [0.29, 0.717) is 0 Å².